The van der Waals surface area contributed by atoms with Crippen molar-refractivity contribution in [3.05, 3.63) is 181 Å². The summed E-state index contributed by atoms with van der Waals surface area (Å²) in [6.07, 6.45) is 14.0. The van der Waals surface area contributed by atoms with Crippen molar-refractivity contribution in [1.82, 2.24) is 101 Å². The number of anilines is 5. The maximum atomic E-state index is 14.4. The van der Waals surface area contributed by atoms with Gasteiger partial charge in [-0.15, -0.1) is 0 Å². The Balaban J connectivity index is 0.000000126. The van der Waals surface area contributed by atoms with Crippen molar-refractivity contribution in [2.75, 3.05) is 89.9 Å². The van der Waals surface area contributed by atoms with Crippen LogP contribution in [0.2, 0.25) is 0 Å². The van der Waals surface area contributed by atoms with Crippen molar-refractivity contribution in [1.29, 1.82) is 5.26 Å². The second-order valence-corrected chi connectivity index (χ2v) is 34.8. The molecule has 0 bridgehead atoms. The lowest BCUT2D eigenvalue weighted by Gasteiger charge is -2.37. The zero-order chi connectivity index (χ0) is 91.7. The van der Waals surface area contributed by atoms with Gasteiger partial charge >= 0.3 is 6.18 Å². The fourth-order valence-corrected chi connectivity index (χ4v) is 18.6. The van der Waals surface area contributed by atoms with Gasteiger partial charge in [-0.25, -0.2) is 67.4 Å². The summed E-state index contributed by atoms with van der Waals surface area (Å²) in [4.78, 5) is 54.1. The van der Waals surface area contributed by atoms with E-state index in [1.807, 2.05) is 29.2 Å². The number of halogens is 7. The van der Waals surface area contributed by atoms with E-state index in [9.17, 15) is 36.0 Å². The van der Waals surface area contributed by atoms with Crippen LogP contribution in [0.5, 0.6) is 0 Å². The third kappa shape index (κ3) is 20.0. The average molecular weight is 1790 g/mol. The van der Waals surface area contributed by atoms with Gasteiger partial charge in [-0.3, -0.25) is 25.5 Å². The van der Waals surface area contributed by atoms with Crippen molar-refractivity contribution in [2.24, 2.45) is 64.4 Å². The van der Waals surface area contributed by atoms with Gasteiger partial charge in [-0.2, -0.15) is 43.9 Å². The highest BCUT2D eigenvalue weighted by Gasteiger charge is 2.40. The molecule has 5 aliphatic heterocycles. The maximum Gasteiger partial charge on any atom is 0.418 e. The molecule has 131 heavy (non-hydrogen) atoms. The van der Waals surface area contributed by atoms with Gasteiger partial charge in [0.25, 0.3) is 0 Å². The maximum absolute atomic E-state index is 14.4. The Morgan fingerprint density at radius 3 is 0.901 bits per heavy atom. The zero-order valence-electron chi connectivity index (χ0n) is 73.8. The number of pyridine rings is 10. The third-order valence-electron chi connectivity index (χ3n) is 25.2. The molecular formula is C94H109F7N30. The van der Waals surface area contributed by atoms with Crippen LogP contribution in [0.3, 0.4) is 0 Å². The number of nitrogens with one attached hydrogen (secondary N) is 5. The Kier molecular flexibility index (Phi) is 28.0. The quantitative estimate of drug-likeness (QED) is 0.0320. The first-order valence-corrected chi connectivity index (χ1v) is 44.8. The summed E-state index contributed by atoms with van der Waals surface area (Å²) >= 11 is 0. The summed E-state index contributed by atoms with van der Waals surface area (Å²) in [6.45, 7) is 20.5. The lowest BCUT2D eigenvalue weighted by Crippen LogP contribution is -2.41. The number of alkyl halides is 3. The van der Waals surface area contributed by atoms with E-state index in [1.165, 1.54) is 36.5 Å². The number of nitrogens with zero attached hydrogens (tertiary/aromatic N) is 21. The SMILES string of the molecule is CC(C)CC1CN(c2ccc(C(F)(F)F)c(-c3[nH]nc4ncccc34)n2)CCC1C#N.CCC[C@@H]1CN(c2ccc(F)c(-c3[nH]nc4ncccc34)n2)C[C@@H]1N.CCC[C@@H]1CN(c2ccc(F)c(-c3[nH]nc4ncccc34)n2)C[C@H]1N.CCC[C@H]1CN(c2ccc(F)c(-c3[nH]nc4ncccc34)n2)C[C@@H]1N.CCC[C@H]1CN(c2ccc(F)c(-c3[nH]nc4ncccc34)n2)C[C@H]1N.[HH]. The Morgan fingerprint density at radius 1 is 0.374 bits per heavy atom. The summed E-state index contributed by atoms with van der Waals surface area (Å²) in [5.74, 6) is 4.30. The van der Waals surface area contributed by atoms with E-state index in [0.717, 1.165) is 161 Å². The number of fused-ring (bicyclic) bond motifs is 5. The van der Waals surface area contributed by atoms with Crippen molar-refractivity contribution >= 4 is 84.3 Å². The Morgan fingerprint density at radius 2 is 0.634 bits per heavy atom. The molecule has 13 N–H and O–H groups in total. The number of aromatic amines is 5. The Hall–Kier alpha value is -13.3. The van der Waals surface area contributed by atoms with E-state index in [1.54, 1.807) is 85.5 Å². The standard InChI is InChI=1S/C22H23F3N6.4C18H21FN6.H2/c1-13(2)10-15-12-31(9-7-14(15)11-26)18-6-5-17(22(23,24)25)20(28-18)19-16-4-3-8-27-21(16)30-29-19;4*1-2-4-11-9-25(10-14(11)20)15-7-6-13(19)17(22-15)16-12-5-3-8-21-18(12)24-23-16;/h3-6,8,13-15H,7,9-10,12H2,1-2H3,(H,27,29,30);4*3,5-8,11,14H,2,4,9-10,20H2,1H3,(H,21,23,24);1H/t;2*11-,14+;2*11-,14-;/m.1010./s1. The first kappa shape index (κ1) is 91.0. The summed E-state index contributed by atoms with van der Waals surface area (Å²) < 4.78 is 99.1. The van der Waals surface area contributed by atoms with E-state index < -0.39 is 11.7 Å². The second-order valence-electron chi connectivity index (χ2n) is 34.8. The molecule has 5 fully saturated rings. The molecule has 0 amide bonds. The lowest BCUT2D eigenvalue weighted by molar-refractivity contribution is -0.137. The molecule has 20 rings (SSSR count). The molecular weight excluding hydrogens is 1680 g/mol. The molecule has 10 atom stereocenters. The number of piperidine rings is 1. The highest BCUT2D eigenvalue weighted by molar-refractivity contribution is 5.94. The monoisotopic (exact) mass is 1790 g/mol. The first-order chi connectivity index (χ1) is 63.5. The molecule has 0 spiro atoms. The van der Waals surface area contributed by atoms with Crippen molar-refractivity contribution in [2.45, 2.75) is 136 Å². The smallest absolute Gasteiger partial charge is 0.356 e. The van der Waals surface area contributed by atoms with Gasteiger partial charge in [0.15, 0.2) is 51.5 Å². The fourth-order valence-electron chi connectivity index (χ4n) is 18.6. The molecule has 20 heterocycles. The van der Waals surface area contributed by atoms with Crippen LogP contribution in [0.1, 0.15) is 113 Å². The predicted molar refractivity (Wildman–Crippen MR) is 496 cm³/mol. The minimum absolute atomic E-state index is 0. The molecule has 15 aromatic rings. The summed E-state index contributed by atoms with van der Waals surface area (Å²) in [7, 11) is 0. The van der Waals surface area contributed by atoms with Crippen LogP contribution in [0, 0.1) is 76.0 Å². The molecule has 2 unspecified atom stereocenters. The number of H-pyrrole nitrogens is 5. The van der Waals surface area contributed by atoms with Crippen LogP contribution in [0.4, 0.5) is 59.8 Å². The van der Waals surface area contributed by atoms with Gasteiger partial charge in [0.1, 0.15) is 57.6 Å². The van der Waals surface area contributed by atoms with Crippen molar-refractivity contribution in [3.8, 4) is 63.0 Å². The molecule has 684 valence electrons. The van der Waals surface area contributed by atoms with E-state index in [0.29, 0.717) is 111 Å². The van der Waals surface area contributed by atoms with Gasteiger partial charge in [0.2, 0.25) is 0 Å². The van der Waals surface area contributed by atoms with Gasteiger partial charge in [0, 0.05) is 149 Å². The largest absolute Gasteiger partial charge is 0.418 e. The Labute approximate surface area is 753 Å². The van der Waals surface area contributed by atoms with Gasteiger partial charge in [-0.05, 0) is 195 Å². The van der Waals surface area contributed by atoms with Crippen LogP contribution < -0.4 is 47.4 Å². The minimum Gasteiger partial charge on any atom is -0.356 e. The molecule has 0 saturated carbocycles. The number of aromatic nitrogens is 20. The number of nitriles is 1. The lowest BCUT2D eigenvalue weighted by atomic mass is 9.81. The van der Waals surface area contributed by atoms with E-state index >= 15 is 0 Å². The summed E-state index contributed by atoms with van der Waals surface area (Å²) in [6, 6.07) is 36.1. The van der Waals surface area contributed by atoms with Gasteiger partial charge in [0.05, 0.1) is 46.0 Å². The fraction of sp³-hybridized carbons (Fsp3) is 0.404. The molecule has 0 aliphatic carbocycles. The minimum atomic E-state index is -4.56. The first-order valence-electron chi connectivity index (χ1n) is 44.8. The molecule has 0 aromatic carbocycles. The van der Waals surface area contributed by atoms with Crippen LogP contribution in [-0.4, -0.2) is 190 Å². The van der Waals surface area contributed by atoms with Crippen LogP contribution in [0.15, 0.2) is 152 Å². The number of hydrogen-bond donors (Lipinski definition) is 9. The van der Waals surface area contributed by atoms with Crippen molar-refractivity contribution < 1.29 is 32.2 Å². The van der Waals surface area contributed by atoms with Crippen LogP contribution in [0.25, 0.3) is 112 Å². The zero-order valence-corrected chi connectivity index (χ0v) is 73.8. The summed E-state index contributed by atoms with van der Waals surface area (Å²) in [5.41, 5.74) is 30.0. The topological polar surface area (TPSA) is 416 Å². The van der Waals surface area contributed by atoms with E-state index in [2.05, 4.69) is 168 Å². The number of rotatable bonds is 20. The summed E-state index contributed by atoms with van der Waals surface area (Å²) in [5, 5.41) is 47.8. The predicted octanol–water partition coefficient (Wildman–Crippen LogP) is 16.2. The molecule has 15 aromatic heterocycles. The van der Waals surface area contributed by atoms with E-state index in [-0.39, 0.29) is 94.9 Å². The van der Waals surface area contributed by atoms with Crippen LogP contribution >= 0.6 is 0 Å². The highest BCUT2D eigenvalue weighted by atomic mass is 19.4. The highest BCUT2D eigenvalue weighted by Crippen LogP contribution is 2.42. The van der Waals surface area contributed by atoms with Crippen LogP contribution in [-0.2, 0) is 6.18 Å². The number of nitrogens with two attached hydrogens (primary N) is 4. The Bertz CT molecular complexity index is 5880. The molecule has 30 nitrogen and oxygen atoms in total. The van der Waals surface area contributed by atoms with E-state index in [4.69, 9.17) is 22.9 Å². The molecule has 37 heteroatoms. The molecule has 0 radical (unpaired) electrons. The van der Waals surface area contributed by atoms with Crippen molar-refractivity contribution in [3.63, 3.8) is 0 Å². The van der Waals surface area contributed by atoms with Gasteiger partial charge < -0.3 is 47.4 Å². The normalized spacial score (nSPS) is 20.3. The average Bonchev–Trinajstić information content (AvgIpc) is 1.59. The second kappa shape index (κ2) is 40.4. The number of hydrogen-bond acceptors (Lipinski definition) is 25. The molecule has 5 aliphatic rings. The third-order valence-corrected chi connectivity index (χ3v) is 25.2. The molecule has 5 saturated heterocycles. The van der Waals surface area contributed by atoms with Gasteiger partial charge in [-0.1, -0.05) is 67.2 Å².